The first kappa shape index (κ1) is 24.5. The highest BCUT2D eigenvalue weighted by atomic mass is 35.5. The summed E-state index contributed by atoms with van der Waals surface area (Å²) in [7, 11) is 1.31. The molecule has 0 unspecified atom stereocenters. The van der Waals surface area contributed by atoms with E-state index in [0.29, 0.717) is 33.7 Å². The highest BCUT2D eigenvalue weighted by Gasteiger charge is 2.39. The number of thioether (sulfide) groups is 1. The topological polar surface area (TPSA) is 88.1 Å². The van der Waals surface area contributed by atoms with Crippen molar-refractivity contribution in [2.75, 3.05) is 12.4 Å². The Kier molecular flexibility index (Phi) is 7.84. The van der Waals surface area contributed by atoms with E-state index in [9.17, 15) is 14.4 Å². The Bertz CT molecular complexity index is 1250. The monoisotopic (exact) mass is 507 g/mol. The smallest absolute Gasteiger partial charge is 0.337 e. The average molecular weight is 508 g/mol. The van der Waals surface area contributed by atoms with Gasteiger partial charge in [0.15, 0.2) is 5.17 Å². The summed E-state index contributed by atoms with van der Waals surface area (Å²) < 4.78 is 4.68. The van der Waals surface area contributed by atoms with Crippen LogP contribution in [0.2, 0.25) is 5.02 Å². The lowest BCUT2D eigenvalue weighted by atomic mass is 10.2. The molecule has 1 fully saturated rings. The third-order valence-corrected chi connectivity index (χ3v) is 6.64. The number of methoxy groups -OCH3 is 1. The second-order valence-electron chi connectivity index (χ2n) is 7.71. The van der Waals surface area contributed by atoms with E-state index in [1.54, 1.807) is 53.4 Å². The first-order valence-corrected chi connectivity index (χ1v) is 12.0. The maximum atomic E-state index is 13.3. The van der Waals surface area contributed by atoms with E-state index in [1.165, 1.54) is 18.9 Å². The van der Waals surface area contributed by atoms with Crippen LogP contribution in [0.3, 0.4) is 0 Å². The lowest BCUT2D eigenvalue weighted by Crippen LogP contribution is -2.33. The Labute approximate surface area is 212 Å². The van der Waals surface area contributed by atoms with Crippen LogP contribution in [-0.4, -0.2) is 40.2 Å². The number of nitrogens with zero attached hydrogens (tertiary/aromatic N) is 2. The summed E-state index contributed by atoms with van der Waals surface area (Å²) in [5, 5.41) is 3.29. The van der Waals surface area contributed by atoms with Crippen LogP contribution in [0.15, 0.2) is 83.9 Å². The summed E-state index contributed by atoms with van der Waals surface area (Å²) in [6.45, 7) is 0.353. The molecule has 0 bridgehead atoms. The van der Waals surface area contributed by atoms with Gasteiger partial charge in [-0.15, -0.1) is 0 Å². The molecule has 0 aliphatic carbocycles. The molecule has 0 spiro atoms. The SMILES string of the molecule is COC(=O)c1ccc(NC(=O)C[C@@H]2SC(=Nc3ccc(Cl)cc3)N(Cc3ccccc3)C2=O)cc1. The zero-order valence-corrected chi connectivity index (χ0v) is 20.4. The molecular formula is C26H22ClN3O4S. The lowest BCUT2D eigenvalue weighted by molar-refractivity contribution is -0.128. The number of nitrogens with one attached hydrogen (secondary N) is 1. The molecule has 1 atom stereocenters. The average Bonchev–Trinajstić information content (AvgIpc) is 3.14. The zero-order valence-electron chi connectivity index (χ0n) is 18.8. The number of anilines is 1. The molecule has 2 amide bonds. The number of esters is 1. The summed E-state index contributed by atoms with van der Waals surface area (Å²) in [6.07, 6.45) is -0.0207. The molecule has 1 saturated heterocycles. The van der Waals surface area contributed by atoms with E-state index in [2.05, 4.69) is 15.0 Å². The summed E-state index contributed by atoms with van der Waals surface area (Å²) in [5.74, 6) is -0.946. The van der Waals surface area contributed by atoms with Gasteiger partial charge in [0.1, 0.15) is 5.25 Å². The van der Waals surface area contributed by atoms with Gasteiger partial charge in [0, 0.05) is 17.1 Å². The Balaban J connectivity index is 1.49. The largest absolute Gasteiger partial charge is 0.465 e. The van der Waals surface area contributed by atoms with Crippen LogP contribution < -0.4 is 5.32 Å². The normalized spacial score (nSPS) is 16.4. The highest BCUT2D eigenvalue weighted by molar-refractivity contribution is 8.15. The molecule has 0 saturated carbocycles. The van der Waals surface area contributed by atoms with E-state index in [4.69, 9.17) is 11.6 Å². The summed E-state index contributed by atoms with van der Waals surface area (Å²) in [5.41, 5.74) is 2.53. The van der Waals surface area contributed by atoms with Crippen molar-refractivity contribution in [3.05, 3.63) is 95.0 Å². The minimum absolute atomic E-state index is 0.0207. The van der Waals surface area contributed by atoms with Gasteiger partial charge in [-0.2, -0.15) is 0 Å². The van der Waals surface area contributed by atoms with Crippen LogP contribution in [0, 0.1) is 0 Å². The number of benzene rings is 3. The van der Waals surface area contributed by atoms with E-state index in [1.807, 2.05) is 30.3 Å². The molecule has 7 nitrogen and oxygen atoms in total. The fourth-order valence-electron chi connectivity index (χ4n) is 3.45. The number of amides is 2. The molecule has 178 valence electrons. The van der Waals surface area contributed by atoms with Gasteiger partial charge in [-0.3, -0.25) is 14.5 Å². The molecule has 0 aromatic heterocycles. The molecule has 0 radical (unpaired) electrons. The van der Waals surface area contributed by atoms with E-state index in [-0.39, 0.29) is 18.2 Å². The van der Waals surface area contributed by atoms with Gasteiger partial charge in [0.2, 0.25) is 11.8 Å². The van der Waals surface area contributed by atoms with Crippen molar-refractivity contribution < 1.29 is 19.1 Å². The molecule has 4 rings (SSSR count). The minimum Gasteiger partial charge on any atom is -0.465 e. The molecule has 1 heterocycles. The number of hydrogen-bond donors (Lipinski definition) is 1. The van der Waals surface area contributed by atoms with Gasteiger partial charge in [-0.1, -0.05) is 53.7 Å². The van der Waals surface area contributed by atoms with Gasteiger partial charge in [-0.25, -0.2) is 9.79 Å². The van der Waals surface area contributed by atoms with Crippen molar-refractivity contribution in [2.24, 2.45) is 4.99 Å². The van der Waals surface area contributed by atoms with Crippen molar-refractivity contribution in [1.82, 2.24) is 4.90 Å². The number of aliphatic imine (C=N–C) groups is 1. The molecule has 3 aromatic carbocycles. The van der Waals surface area contributed by atoms with Gasteiger partial charge in [0.05, 0.1) is 24.9 Å². The third kappa shape index (κ3) is 6.29. The fourth-order valence-corrected chi connectivity index (χ4v) is 4.73. The quantitative estimate of drug-likeness (QED) is 0.439. The number of amidine groups is 1. The minimum atomic E-state index is -0.612. The Morgan fingerprint density at radius 1 is 1.03 bits per heavy atom. The number of carbonyl (C=O) groups excluding carboxylic acids is 3. The summed E-state index contributed by atoms with van der Waals surface area (Å²) in [6, 6.07) is 23.0. The Hall–Kier alpha value is -3.62. The first-order chi connectivity index (χ1) is 16.9. The standard InChI is InChI=1S/C26H22ClN3O4S/c1-34-25(33)18-7-11-20(12-8-18)28-23(31)15-22-24(32)30(16-17-5-3-2-4-6-17)26(35-22)29-21-13-9-19(27)10-14-21/h2-14,22H,15-16H2,1H3,(H,28,31)/t22-/m0/s1. The van der Waals surface area contributed by atoms with Gasteiger partial charge >= 0.3 is 5.97 Å². The maximum Gasteiger partial charge on any atom is 0.337 e. The molecular weight excluding hydrogens is 486 g/mol. The third-order valence-electron chi connectivity index (χ3n) is 5.22. The molecule has 1 aliphatic heterocycles. The Morgan fingerprint density at radius 2 is 1.71 bits per heavy atom. The van der Waals surface area contributed by atoms with Crippen LogP contribution in [0.5, 0.6) is 0 Å². The second kappa shape index (κ2) is 11.2. The van der Waals surface area contributed by atoms with Crippen LogP contribution >= 0.6 is 23.4 Å². The number of ether oxygens (including phenoxy) is 1. The van der Waals surface area contributed by atoms with Gasteiger partial charge in [-0.05, 0) is 54.1 Å². The number of halogens is 1. The Morgan fingerprint density at radius 3 is 2.37 bits per heavy atom. The van der Waals surface area contributed by atoms with Gasteiger partial charge < -0.3 is 10.1 Å². The van der Waals surface area contributed by atoms with E-state index < -0.39 is 11.2 Å². The maximum absolute atomic E-state index is 13.3. The molecule has 3 aromatic rings. The molecule has 1 N–H and O–H groups in total. The first-order valence-electron chi connectivity index (χ1n) is 10.8. The number of carbonyl (C=O) groups is 3. The number of hydrogen-bond acceptors (Lipinski definition) is 6. The van der Waals surface area contributed by atoms with Crippen molar-refractivity contribution in [1.29, 1.82) is 0 Å². The van der Waals surface area contributed by atoms with E-state index in [0.717, 1.165) is 5.56 Å². The molecule has 1 aliphatic rings. The lowest BCUT2D eigenvalue weighted by Gasteiger charge is -2.16. The molecule has 9 heteroatoms. The summed E-state index contributed by atoms with van der Waals surface area (Å²) >= 11 is 7.25. The highest BCUT2D eigenvalue weighted by Crippen LogP contribution is 2.33. The fraction of sp³-hybridized carbons (Fsp3) is 0.154. The zero-order chi connectivity index (χ0) is 24.8. The second-order valence-corrected chi connectivity index (χ2v) is 9.31. The predicted molar refractivity (Wildman–Crippen MR) is 138 cm³/mol. The van der Waals surface area contributed by atoms with Crippen LogP contribution in [0.4, 0.5) is 11.4 Å². The summed E-state index contributed by atoms with van der Waals surface area (Å²) in [4.78, 5) is 43.8. The van der Waals surface area contributed by atoms with E-state index >= 15 is 0 Å². The molecule has 35 heavy (non-hydrogen) atoms. The van der Waals surface area contributed by atoms with Crippen molar-refractivity contribution in [3.63, 3.8) is 0 Å². The van der Waals surface area contributed by atoms with Crippen molar-refractivity contribution >= 4 is 57.7 Å². The van der Waals surface area contributed by atoms with Crippen molar-refractivity contribution in [3.8, 4) is 0 Å². The van der Waals surface area contributed by atoms with Gasteiger partial charge in [0.25, 0.3) is 0 Å². The van der Waals surface area contributed by atoms with Crippen LogP contribution in [0.1, 0.15) is 22.3 Å². The predicted octanol–water partition coefficient (Wildman–Crippen LogP) is 5.29. The van der Waals surface area contributed by atoms with Crippen LogP contribution in [0.25, 0.3) is 0 Å². The van der Waals surface area contributed by atoms with Crippen molar-refractivity contribution in [2.45, 2.75) is 18.2 Å². The van der Waals surface area contributed by atoms with Crippen LogP contribution in [-0.2, 0) is 20.9 Å². The number of rotatable bonds is 7.